The SMILES string of the molecule is C#CCOc1ccc(/C=C(\Cl)c2nc3cc(Cl)ccc3c(=O)[nH]2)cc1OCC. The van der Waals surface area contributed by atoms with Crippen LogP contribution in [0.25, 0.3) is 22.0 Å². The molecule has 142 valence electrons. The number of rotatable bonds is 6. The summed E-state index contributed by atoms with van der Waals surface area (Å²) in [6.45, 7) is 2.48. The fraction of sp³-hybridized carbons (Fsp3) is 0.143. The number of aromatic nitrogens is 2. The minimum Gasteiger partial charge on any atom is -0.490 e. The highest BCUT2D eigenvalue weighted by molar-refractivity contribution is 6.50. The lowest BCUT2D eigenvalue weighted by atomic mass is 10.2. The Morgan fingerprint density at radius 1 is 1.25 bits per heavy atom. The number of ether oxygens (including phenoxy) is 2. The Morgan fingerprint density at radius 3 is 2.82 bits per heavy atom. The van der Waals surface area contributed by atoms with E-state index in [0.717, 1.165) is 5.56 Å². The summed E-state index contributed by atoms with van der Waals surface area (Å²) >= 11 is 12.4. The van der Waals surface area contributed by atoms with Gasteiger partial charge in [0.2, 0.25) is 0 Å². The molecule has 0 aliphatic rings. The summed E-state index contributed by atoms with van der Waals surface area (Å²) in [5.74, 6) is 3.74. The molecule has 1 heterocycles. The second-order valence-electron chi connectivity index (χ2n) is 5.70. The van der Waals surface area contributed by atoms with Gasteiger partial charge >= 0.3 is 0 Å². The standard InChI is InChI=1S/C21H16Cl2N2O3/c1-3-9-28-18-8-5-13(11-19(18)27-4-2)10-16(23)20-24-17-12-14(22)6-7-15(17)21(26)25-20/h1,5-8,10-12H,4,9H2,2H3,(H,24,25,26)/b16-10-. The molecule has 2 aromatic carbocycles. The lowest BCUT2D eigenvalue weighted by Crippen LogP contribution is -2.10. The summed E-state index contributed by atoms with van der Waals surface area (Å²) in [6, 6.07) is 10.2. The molecule has 5 nitrogen and oxygen atoms in total. The van der Waals surface area contributed by atoms with Crippen molar-refractivity contribution in [1.29, 1.82) is 0 Å². The first-order chi connectivity index (χ1) is 13.5. The minimum absolute atomic E-state index is 0.140. The van der Waals surface area contributed by atoms with Crippen molar-refractivity contribution >= 4 is 45.2 Å². The predicted octanol–water partition coefficient (Wildman–Crippen LogP) is 4.72. The van der Waals surface area contributed by atoms with Gasteiger partial charge in [-0.1, -0.05) is 35.2 Å². The van der Waals surface area contributed by atoms with Crippen molar-refractivity contribution < 1.29 is 9.47 Å². The smallest absolute Gasteiger partial charge is 0.259 e. The average Bonchev–Trinajstić information content (AvgIpc) is 2.67. The predicted molar refractivity (Wildman–Crippen MR) is 113 cm³/mol. The van der Waals surface area contributed by atoms with Gasteiger partial charge < -0.3 is 14.5 Å². The molecule has 0 unspecified atom stereocenters. The highest BCUT2D eigenvalue weighted by atomic mass is 35.5. The van der Waals surface area contributed by atoms with Gasteiger partial charge in [-0.25, -0.2) is 4.98 Å². The average molecular weight is 415 g/mol. The van der Waals surface area contributed by atoms with Crippen LogP contribution in [0.5, 0.6) is 11.5 Å². The van der Waals surface area contributed by atoms with Crippen molar-refractivity contribution in [2.45, 2.75) is 6.92 Å². The van der Waals surface area contributed by atoms with E-state index in [0.29, 0.717) is 34.0 Å². The fourth-order valence-corrected chi connectivity index (χ4v) is 2.94. The molecule has 0 atom stereocenters. The van der Waals surface area contributed by atoms with E-state index in [9.17, 15) is 4.79 Å². The third-order valence-corrected chi connectivity index (χ3v) is 4.29. The Labute approximate surface area is 171 Å². The number of benzene rings is 2. The van der Waals surface area contributed by atoms with Crippen molar-refractivity contribution in [3.63, 3.8) is 0 Å². The first-order valence-electron chi connectivity index (χ1n) is 8.42. The van der Waals surface area contributed by atoms with Gasteiger partial charge in [-0.3, -0.25) is 4.79 Å². The van der Waals surface area contributed by atoms with Crippen molar-refractivity contribution in [3.8, 4) is 23.8 Å². The summed E-state index contributed by atoms with van der Waals surface area (Å²) in [6.07, 6.45) is 6.90. The Balaban J connectivity index is 1.99. The van der Waals surface area contributed by atoms with Gasteiger partial charge in [0, 0.05) is 5.02 Å². The van der Waals surface area contributed by atoms with Crippen molar-refractivity contribution in [2.75, 3.05) is 13.2 Å². The summed E-state index contributed by atoms with van der Waals surface area (Å²) < 4.78 is 11.1. The Hall–Kier alpha value is -2.94. The Morgan fingerprint density at radius 2 is 2.07 bits per heavy atom. The molecular formula is C21H16Cl2N2O3. The van der Waals surface area contributed by atoms with Gasteiger partial charge in [0.15, 0.2) is 17.3 Å². The van der Waals surface area contributed by atoms with E-state index in [-0.39, 0.29) is 23.0 Å². The van der Waals surface area contributed by atoms with Crippen LogP contribution >= 0.6 is 23.2 Å². The Kier molecular flexibility index (Phi) is 6.25. The zero-order valence-corrected chi connectivity index (χ0v) is 16.5. The molecule has 0 spiro atoms. The monoisotopic (exact) mass is 414 g/mol. The van der Waals surface area contributed by atoms with Gasteiger partial charge in [-0.05, 0) is 48.9 Å². The summed E-state index contributed by atoms with van der Waals surface area (Å²) in [7, 11) is 0. The van der Waals surface area contributed by atoms with Crippen molar-refractivity contribution in [3.05, 3.63) is 63.2 Å². The van der Waals surface area contributed by atoms with Crippen LogP contribution in [0.1, 0.15) is 18.3 Å². The van der Waals surface area contributed by atoms with Gasteiger partial charge in [-0.2, -0.15) is 0 Å². The van der Waals surface area contributed by atoms with Gasteiger partial charge in [0.05, 0.1) is 22.5 Å². The summed E-state index contributed by atoms with van der Waals surface area (Å²) in [5, 5.41) is 1.19. The quantitative estimate of drug-likeness (QED) is 0.592. The lowest BCUT2D eigenvalue weighted by Gasteiger charge is -2.11. The van der Waals surface area contributed by atoms with Crippen LogP contribution in [0.2, 0.25) is 5.02 Å². The number of nitrogens with zero attached hydrogens (tertiary/aromatic N) is 1. The fourth-order valence-electron chi connectivity index (χ4n) is 2.56. The van der Waals surface area contributed by atoms with E-state index in [2.05, 4.69) is 15.9 Å². The number of hydrogen-bond acceptors (Lipinski definition) is 4. The van der Waals surface area contributed by atoms with Crippen LogP contribution < -0.4 is 15.0 Å². The highest BCUT2D eigenvalue weighted by Gasteiger charge is 2.09. The van der Waals surface area contributed by atoms with Crippen LogP contribution in [0.4, 0.5) is 0 Å². The van der Waals surface area contributed by atoms with Gasteiger partial charge in [0.1, 0.15) is 6.61 Å². The minimum atomic E-state index is -0.295. The number of terminal acetylenes is 1. The maximum Gasteiger partial charge on any atom is 0.259 e. The zero-order chi connectivity index (χ0) is 20.1. The van der Waals surface area contributed by atoms with E-state index in [1.54, 1.807) is 42.5 Å². The molecule has 0 saturated carbocycles. The number of halogens is 2. The molecule has 0 saturated heterocycles. The third-order valence-electron chi connectivity index (χ3n) is 3.77. The molecule has 3 aromatic rings. The molecule has 0 radical (unpaired) electrons. The molecule has 3 rings (SSSR count). The normalized spacial score (nSPS) is 11.3. The van der Waals surface area contributed by atoms with Crippen LogP contribution in [0.15, 0.2) is 41.2 Å². The third kappa shape index (κ3) is 4.48. The second-order valence-corrected chi connectivity index (χ2v) is 6.54. The largest absolute Gasteiger partial charge is 0.490 e. The second kappa shape index (κ2) is 8.83. The first kappa shape index (κ1) is 19.8. The molecule has 7 heteroatoms. The summed E-state index contributed by atoms with van der Waals surface area (Å²) in [5.41, 5.74) is 0.914. The number of H-pyrrole nitrogens is 1. The topological polar surface area (TPSA) is 64.2 Å². The number of hydrogen-bond donors (Lipinski definition) is 1. The van der Waals surface area contributed by atoms with E-state index >= 15 is 0 Å². The lowest BCUT2D eigenvalue weighted by molar-refractivity contribution is 0.299. The van der Waals surface area contributed by atoms with Crippen LogP contribution in [-0.2, 0) is 0 Å². The van der Waals surface area contributed by atoms with Crippen LogP contribution in [0, 0.1) is 12.3 Å². The Bertz CT molecular complexity index is 1150. The molecule has 0 fully saturated rings. The summed E-state index contributed by atoms with van der Waals surface area (Å²) in [4.78, 5) is 19.3. The highest BCUT2D eigenvalue weighted by Crippen LogP contribution is 2.30. The van der Waals surface area contributed by atoms with Crippen LogP contribution in [-0.4, -0.2) is 23.2 Å². The van der Waals surface area contributed by atoms with Crippen LogP contribution in [0.3, 0.4) is 0 Å². The molecular weight excluding hydrogens is 399 g/mol. The van der Waals surface area contributed by atoms with Gasteiger partial charge in [0.25, 0.3) is 5.56 Å². The maximum atomic E-state index is 12.3. The molecule has 28 heavy (non-hydrogen) atoms. The van der Waals surface area contributed by atoms with Crippen molar-refractivity contribution in [2.24, 2.45) is 0 Å². The molecule has 0 aliphatic heterocycles. The molecule has 1 aromatic heterocycles. The van der Waals surface area contributed by atoms with E-state index < -0.39 is 0 Å². The number of aromatic amines is 1. The maximum absolute atomic E-state index is 12.3. The molecule has 1 N–H and O–H groups in total. The zero-order valence-electron chi connectivity index (χ0n) is 15.0. The van der Waals surface area contributed by atoms with Gasteiger partial charge in [-0.15, -0.1) is 6.42 Å². The van der Waals surface area contributed by atoms with Crippen molar-refractivity contribution in [1.82, 2.24) is 9.97 Å². The molecule has 0 amide bonds. The number of fused-ring (bicyclic) bond motifs is 1. The van der Waals surface area contributed by atoms with E-state index in [1.165, 1.54) is 0 Å². The number of nitrogens with one attached hydrogen (secondary N) is 1. The molecule has 0 bridgehead atoms. The van der Waals surface area contributed by atoms with E-state index in [4.69, 9.17) is 39.1 Å². The molecule has 0 aliphatic carbocycles. The first-order valence-corrected chi connectivity index (χ1v) is 9.17. The van der Waals surface area contributed by atoms with E-state index in [1.807, 2.05) is 6.92 Å².